The van der Waals surface area contributed by atoms with Crippen molar-refractivity contribution in [2.75, 3.05) is 6.61 Å². The number of hydrogen-bond donors (Lipinski definition) is 2. The molecule has 4 heteroatoms. The van der Waals surface area contributed by atoms with Crippen LogP contribution in [0.3, 0.4) is 0 Å². The zero-order chi connectivity index (χ0) is 20.3. The van der Waals surface area contributed by atoms with Gasteiger partial charge in [-0.3, -0.25) is 4.79 Å². The average molecular weight is 393 g/mol. The normalized spacial score (nSPS) is 51.7. The zero-order valence-electron chi connectivity index (χ0n) is 18.2. The lowest BCUT2D eigenvalue weighted by Gasteiger charge is -2.62. The molecule has 0 saturated heterocycles. The summed E-state index contributed by atoms with van der Waals surface area (Å²) in [5, 5.41) is 21.5. The lowest BCUT2D eigenvalue weighted by atomic mass is 9.43. The first-order valence-corrected chi connectivity index (χ1v) is 11.7. The summed E-state index contributed by atoms with van der Waals surface area (Å²) in [6, 6.07) is 0. The summed E-state index contributed by atoms with van der Waals surface area (Å²) in [4.78, 5) is 12.3. The first-order valence-electron chi connectivity index (χ1n) is 11.7. The van der Waals surface area contributed by atoms with Crippen molar-refractivity contribution in [1.82, 2.24) is 0 Å². The third-order valence-corrected chi connectivity index (χ3v) is 10.0. The van der Waals surface area contributed by atoms with Crippen molar-refractivity contribution >= 4 is 5.78 Å². The van der Waals surface area contributed by atoms with Crippen LogP contribution < -0.4 is 0 Å². The topological polar surface area (TPSA) is 66.8 Å². The van der Waals surface area contributed by atoms with Crippen LogP contribution in [-0.4, -0.2) is 34.5 Å². The molecule has 2 N–H and O–H groups in total. The molecule has 0 bridgehead atoms. The molecule has 0 heterocycles. The van der Waals surface area contributed by atoms with Crippen molar-refractivity contribution in [2.24, 2.45) is 40.4 Å². The van der Waals surface area contributed by atoms with Crippen LogP contribution in [0.15, 0.2) is 0 Å². The number of hydrogen-bond acceptors (Lipinski definition) is 4. The van der Waals surface area contributed by atoms with E-state index in [1.807, 2.05) is 6.92 Å². The van der Waals surface area contributed by atoms with E-state index in [2.05, 4.69) is 13.8 Å². The Hall–Kier alpha value is -0.450. The van der Waals surface area contributed by atoms with Crippen LogP contribution in [0.5, 0.6) is 0 Å². The fourth-order valence-corrected chi connectivity index (χ4v) is 8.48. The molecule has 4 nitrogen and oxygen atoms in total. The largest absolute Gasteiger partial charge is 0.385 e. The highest BCUT2D eigenvalue weighted by molar-refractivity contribution is 5.79. The van der Waals surface area contributed by atoms with Gasteiger partial charge in [0.2, 0.25) is 0 Å². The Morgan fingerprint density at radius 2 is 1.75 bits per heavy atom. The van der Waals surface area contributed by atoms with Crippen LogP contribution in [-0.2, 0) is 9.53 Å². The molecule has 4 fully saturated rings. The number of rotatable bonds is 4. The van der Waals surface area contributed by atoms with E-state index in [-0.39, 0.29) is 16.7 Å². The second kappa shape index (κ2) is 7.06. The van der Waals surface area contributed by atoms with Crippen molar-refractivity contribution in [2.45, 2.75) is 97.4 Å². The summed E-state index contributed by atoms with van der Waals surface area (Å²) in [5.41, 5.74) is -0.642. The van der Waals surface area contributed by atoms with Gasteiger partial charge in [0.25, 0.3) is 0 Å². The maximum absolute atomic E-state index is 12.3. The number of aliphatic hydroxyl groups excluding tert-OH is 1. The molecule has 9 atom stereocenters. The molecule has 1 unspecified atom stereocenters. The Labute approximate surface area is 170 Å². The van der Waals surface area contributed by atoms with Gasteiger partial charge in [-0.2, -0.15) is 0 Å². The fraction of sp³-hybridized carbons (Fsp3) is 0.958. The van der Waals surface area contributed by atoms with E-state index in [9.17, 15) is 15.0 Å². The van der Waals surface area contributed by atoms with E-state index in [4.69, 9.17) is 4.74 Å². The molecule has 28 heavy (non-hydrogen) atoms. The lowest BCUT2D eigenvalue weighted by molar-refractivity contribution is -0.248. The molecular weight excluding hydrogens is 352 g/mol. The van der Waals surface area contributed by atoms with Gasteiger partial charge in [-0.05, 0) is 106 Å². The minimum atomic E-state index is -1.09. The highest BCUT2D eigenvalue weighted by atomic mass is 16.6. The van der Waals surface area contributed by atoms with Crippen LogP contribution in [0.4, 0.5) is 0 Å². The summed E-state index contributed by atoms with van der Waals surface area (Å²) in [6.07, 6.45) is 8.24. The van der Waals surface area contributed by atoms with E-state index < -0.39 is 11.9 Å². The third kappa shape index (κ3) is 2.93. The van der Waals surface area contributed by atoms with Gasteiger partial charge in [0.05, 0.1) is 0 Å². The minimum Gasteiger partial charge on any atom is -0.385 e. The number of fused-ring (bicyclic) bond motifs is 5. The highest BCUT2D eigenvalue weighted by Crippen LogP contribution is 2.68. The number of ketones is 1. The van der Waals surface area contributed by atoms with Gasteiger partial charge in [0.15, 0.2) is 6.29 Å². The van der Waals surface area contributed by atoms with E-state index in [1.54, 1.807) is 6.92 Å². The van der Waals surface area contributed by atoms with Gasteiger partial charge in [-0.25, -0.2) is 0 Å². The summed E-state index contributed by atoms with van der Waals surface area (Å²) in [6.45, 7) is 8.95. The molecular formula is C24H40O4. The molecule has 0 aliphatic heterocycles. The second-order valence-corrected chi connectivity index (χ2v) is 11.1. The molecule has 4 aliphatic carbocycles. The van der Waals surface area contributed by atoms with Crippen LogP contribution in [0, 0.1) is 40.4 Å². The maximum atomic E-state index is 12.3. The number of carbonyl (C=O) groups excluding carboxylic acids is 1. The highest BCUT2D eigenvalue weighted by Gasteiger charge is 2.62. The zero-order valence-corrected chi connectivity index (χ0v) is 18.2. The molecule has 0 aromatic carbocycles. The first-order chi connectivity index (χ1) is 13.2. The average Bonchev–Trinajstić information content (AvgIpc) is 3.00. The van der Waals surface area contributed by atoms with Crippen LogP contribution in [0.1, 0.15) is 85.5 Å². The monoisotopic (exact) mass is 392 g/mol. The predicted molar refractivity (Wildman–Crippen MR) is 108 cm³/mol. The molecule has 0 radical (unpaired) electrons. The van der Waals surface area contributed by atoms with Crippen LogP contribution in [0.25, 0.3) is 0 Å². The molecule has 4 rings (SSSR count). The molecule has 0 amide bonds. The van der Waals surface area contributed by atoms with Crippen molar-refractivity contribution in [3.8, 4) is 0 Å². The molecule has 0 aromatic heterocycles. The summed E-state index contributed by atoms with van der Waals surface area (Å²) in [7, 11) is 0. The van der Waals surface area contributed by atoms with Crippen molar-refractivity contribution < 1.29 is 19.7 Å². The fourth-order valence-electron chi connectivity index (χ4n) is 8.48. The third-order valence-electron chi connectivity index (χ3n) is 10.0. The molecule has 0 spiro atoms. The van der Waals surface area contributed by atoms with Gasteiger partial charge in [0.1, 0.15) is 11.4 Å². The second-order valence-electron chi connectivity index (χ2n) is 11.1. The summed E-state index contributed by atoms with van der Waals surface area (Å²) < 4.78 is 5.38. The van der Waals surface area contributed by atoms with E-state index in [1.165, 1.54) is 25.7 Å². The molecule has 0 aromatic rings. The van der Waals surface area contributed by atoms with Crippen molar-refractivity contribution in [1.29, 1.82) is 0 Å². The van der Waals surface area contributed by atoms with E-state index >= 15 is 0 Å². The minimum absolute atomic E-state index is 0.205. The number of ether oxygens (including phenoxy) is 1. The number of carbonyl (C=O) groups is 1. The summed E-state index contributed by atoms with van der Waals surface area (Å²) in [5.74, 6) is 3.23. The standard InChI is InChI=1S/C24H40O4/c1-5-28-21(26)24(27)13-12-22(3)16(14-24)6-7-17-19-9-8-18(15(2)25)23(19,4)11-10-20(17)22/h16-21,26-27H,5-14H2,1-4H3/t16-,17-,18+,19-,20-,21?,22-,23+,24+/m0/s1. The van der Waals surface area contributed by atoms with Crippen molar-refractivity contribution in [3.63, 3.8) is 0 Å². The van der Waals surface area contributed by atoms with Gasteiger partial charge in [-0.1, -0.05) is 13.8 Å². The number of aliphatic hydroxyl groups is 2. The molecule has 4 aliphatic rings. The summed E-state index contributed by atoms with van der Waals surface area (Å²) >= 11 is 0. The lowest BCUT2D eigenvalue weighted by Crippen LogP contribution is -2.58. The smallest absolute Gasteiger partial charge is 0.183 e. The Kier molecular flexibility index (Phi) is 5.25. The van der Waals surface area contributed by atoms with Gasteiger partial charge < -0.3 is 14.9 Å². The van der Waals surface area contributed by atoms with Crippen LogP contribution in [0.2, 0.25) is 0 Å². The van der Waals surface area contributed by atoms with E-state index in [0.717, 1.165) is 25.2 Å². The van der Waals surface area contributed by atoms with Gasteiger partial charge in [0, 0.05) is 12.5 Å². The maximum Gasteiger partial charge on any atom is 0.183 e. The van der Waals surface area contributed by atoms with Crippen molar-refractivity contribution in [3.05, 3.63) is 0 Å². The Morgan fingerprint density at radius 3 is 2.43 bits per heavy atom. The SMILES string of the molecule is CCOC(O)[C@@]1(O)CC[C@@]2(C)[C@@H](CC[C@@H]3[C@@H]2CC[C@]2(C)[C@@H](C(C)=O)CC[C@@H]32)C1. The Bertz CT molecular complexity index is 620. The van der Waals surface area contributed by atoms with E-state index in [0.29, 0.717) is 43.0 Å². The van der Waals surface area contributed by atoms with Gasteiger partial charge >= 0.3 is 0 Å². The van der Waals surface area contributed by atoms with Gasteiger partial charge in [-0.15, -0.1) is 0 Å². The Morgan fingerprint density at radius 1 is 1.04 bits per heavy atom. The van der Waals surface area contributed by atoms with Crippen LogP contribution >= 0.6 is 0 Å². The quantitative estimate of drug-likeness (QED) is 0.699. The molecule has 160 valence electrons. The first kappa shape index (κ1) is 20.8. The molecule has 4 saturated carbocycles. The predicted octanol–water partition coefficient (Wildman–Crippen LogP) is 4.32. The number of Topliss-reactive ketones (excluding diaryl/α,β-unsaturated/α-hetero) is 1. The Balaban J connectivity index is 1.54.